The van der Waals surface area contributed by atoms with Gasteiger partial charge in [0.05, 0.1) is 77.8 Å². The summed E-state index contributed by atoms with van der Waals surface area (Å²) >= 11 is 6.58. The molecule has 3 saturated heterocycles. The number of phenols is 1. The van der Waals surface area contributed by atoms with E-state index in [-0.39, 0.29) is 64.7 Å². The molecule has 0 amide bonds. The molecule has 418 valence electrons. The third kappa shape index (κ3) is 19.3. The van der Waals surface area contributed by atoms with Gasteiger partial charge in [-0.25, -0.2) is 0 Å². The van der Waals surface area contributed by atoms with E-state index in [2.05, 4.69) is 36.6 Å². The fraction of sp³-hybridized carbons (Fsp3) is 0.611. The molecule has 6 rings (SSSR count). The van der Waals surface area contributed by atoms with Gasteiger partial charge in [0, 0.05) is 8.95 Å². The highest BCUT2D eigenvalue weighted by atomic mass is 79.9. The predicted octanol–water partition coefficient (Wildman–Crippen LogP) is 10.2. The molecule has 0 bridgehead atoms. The lowest BCUT2D eigenvalue weighted by atomic mass is 9.49. The molecule has 3 fully saturated rings. The topological polar surface area (TPSA) is 193 Å². The molecule has 3 aromatic rings. The first-order valence-electron chi connectivity index (χ1n) is 24.6. The van der Waals surface area contributed by atoms with E-state index in [1.54, 1.807) is 65.8 Å². The summed E-state index contributed by atoms with van der Waals surface area (Å²) in [6.45, 7) is 35.1. The number of rotatable bonds is 12. The number of ether oxygens (including phenoxy) is 5. The zero-order valence-corrected chi connectivity index (χ0v) is 51.3. The maximum Gasteiger partial charge on any atom is 0.494 e. The van der Waals surface area contributed by atoms with Crippen LogP contribution < -0.4 is 14.9 Å². The van der Waals surface area contributed by atoms with Gasteiger partial charge in [-0.3, -0.25) is 14.4 Å². The smallest absolute Gasteiger partial charge is 0.494 e. The van der Waals surface area contributed by atoms with Gasteiger partial charge >= 0.3 is 39.0 Å². The highest BCUT2D eigenvalue weighted by Gasteiger charge is 2.63. The molecule has 3 aliphatic rings. The zero-order valence-electron chi connectivity index (χ0n) is 48.1. The summed E-state index contributed by atoms with van der Waals surface area (Å²) in [5.41, 5.74) is -3.32. The van der Waals surface area contributed by atoms with Crippen LogP contribution >= 0.6 is 31.9 Å². The molecule has 21 heteroatoms. The van der Waals surface area contributed by atoms with Gasteiger partial charge < -0.3 is 61.8 Å². The maximum absolute atomic E-state index is 11.7. The fourth-order valence-electron chi connectivity index (χ4n) is 6.21. The van der Waals surface area contributed by atoms with Gasteiger partial charge in [-0.1, -0.05) is 44.0 Å². The Balaban J connectivity index is 0.000000338. The summed E-state index contributed by atoms with van der Waals surface area (Å²) in [5.74, 6) is 0.770. The summed E-state index contributed by atoms with van der Waals surface area (Å²) in [7, 11) is 2.72. The van der Waals surface area contributed by atoms with Crippen LogP contribution in [0.1, 0.15) is 125 Å². The van der Waals surface area contributed by atoms with Crippen molar-refractivity contribution in [1.29, 1.82) is 0 Å². The quantitative estimate of drug-likeness (QED) is 0.0987. The monoisotopic (exact) mass is 1180 g/mol. The maximum atomic E-state index is 11.7. The lowest BCUT2D eigenvalue weighted by molar-refractivity contribution is -0.153. The van der Waals surface area contributed by atoms with Crippen LogP contribution in [0, 0.1) is 16.2 Å². The molecule has 0 spiro atoms. The van der Waals surface area contributed by atoms with Crippen molar-refractivity contribution in [2.75, 3.05) is 41.2 Å². The second kappa shape index (κ2) is 26.8. The zero-order chi connectivity index (χ0) is 57.8. The van der Waals surface area contributed by atoms with E-state index >= 15 is 0 Å². The molecular weight excluding hydrogens is 1100 g/mol. The number of carbonyl (C=O) groups excluding carboxylic acids is 3. The van der Waals surface area contributed by atoms with E-state index in [1.165, 1.54) is 21.3 Å². The van der Waals surface area contributed by atoms with Gasteiger partial charge in [-0.2, -0.15) is 0 Å². The number of phenolic OH excluding ortho intramolecular Hbond substituents is 1. The third-order valence-electron chi connectivity index (χ3n) is 13.6. The molecule has 0 radical (unpaired) electrons. The second-order valence-electron chi connectivity index (χ2n) is 23.2. The summed E-state index contributed by atoms with van der Waals surface area (Å²) in [4.78, 5) is 33.8. The number of methoxy groups -OCH3 is 3. The standard InChI is InChI=1S/C18H27BO5.C12H24B2O4.C12H15BrO3.C6H5BrO.C6H12O3/c1-16(2,15(20)21-7)12-22-14-10-8-13(9-11-14)19-23-17(3,4)18(5,6)24-19;1-9(2)10(3,4)16-13(15-9)14-17-11(5,6)12(7,8)18-14;1-12(2,11(14)15-3)8-16-10-6-4-9(13)5-7-10;7-5-1-3-6(8)4-2-5;1-6(2,4-7)5(8)9-3/h8-11H,12H2,1-7H3;1-8H3;4-7H,8H2,1-3H3;1-4,8H;7H,4H2,1-3H3. The van der Waals surface area contributed by atoms with E-state index in [0.717, 1.165) is 20.2 Å². The number of halogens is 2. The van der Waals surface area contributed by atoms with Gasteiger partial charge in [0.1, 0.15) is 30.5 Å². The van der Waals surface area contributed by atoms with Crippen molar-refractivity contribution in [3.05, 3.63) is 81.7 Å². The number of hydrogen-bond donors (Lipinski definition) is 2. The Bertz CT molecular complexity index is 2180. The van der Waals surface area contributed by atoms with E-state index in [1.807, 2.05) is 132 Å². The van der Waals surface area contributed by atoms with Crippen molar-refractivity contribution < 1.29 is 76.2 Å². The van der Waals surface area contributed by atoms with Gasteiger partial charge in [0.2, 0.25) is 0 Å². The highest BCUT2D eigenvalue weighted by molar-refractivity contribution is 9.10. The molecule has 3 heterocycles. The molecule has 16 nitrogen and oxygen atoms in total. The molecule has 0 aromatic heterocycles. The fourth-order valence-corrected chi connectivity index (χ4v) is 6.74. The van der Waals surface area contributed by atoms with Crippen LogP contribution in [0.3, 0.4) is 0 Å². The molecular formula is C54H83B3Br2O16. The molecule has 0 saturated carbocycles. The molecule has 0 aliphatic carbocycles. The van der Waals surface area contributed by atoms with Crippen molar-refractivity contribution in [1.82, 2.24) is 0 Å². The normalized spacial score (nSPS) is 18.5. The van der Waals surface area contributed by atoms with Gasteiger partial charge in [-0.05, 0) is 191 Å². The van der Waals surface area contributed by atoms with Crippen LogP contribution in [0.15, 0.2) is 81.7 Å². The number of esters is 3. The van der Waals surface area contributed by atoms with Crippen LogP contribution in [-0.4, -0.2) is 124 Å². The SMILES string of the molecule is CC1(C)OB(B2OC(C)(C)C(C)(C)O2)OC1(C)C.COC(=O)C(C)(C)CO.COC(=O)C(C)(C)COc1ccc(B2OC(C)(C)C(C)(C)O2)cc1.COC(=O)C(C)(C)COc1ccc(Br)cc1.Oc1ccc(Br)cc1. The summed E-state index contributed by atoms with van der Waals surface area (Å²) < 4.78 is 63.0. The van der Waals surface area contributed by atoms with Crippen molar-refractivity contribution >= 4 is 76.4 Å². The van der Waals surface area contributed by atoms with Crippen LogP contribution in [0.4, 0.5) is 0 Å². The first-order valence-corrected chi connectivity index (χ1v) is 26.2. The number of aromatic hydroxyl groups is 1. The predicted molar refractivity (Wildman–Crippen MR) is 300 cm³/mol. The lowest BCUT2D eigenvalue weighted by Gasteiger charge is -2.32. The van der Waals surface area contributed by atoms with E-state index in [0.29, 0.717) is 18.1 Å². The minimum absolute atomic E-state index is 0.181. The van der Waals surface area contributed by atoms with Crippen LogP contribution in [0.25, 0.3) is 0 Å². The molecule has 2 N–H and O–H groups in total. The Morgan fingerprint density at radius 1 is 0.467 bits per heavy atom. The van der Waals surface area contributed by atoms with Gasteiger partial charge in [-0.15, -0.1) is 0 Å². The van der Waals surface area contributed by atoms with E-state index in [4.69, 9.17) is 57.1 Å². The van der Waals surface area contributed by atoms with E-state index in [9.17, 15) is 14.4 Å². The molecule has 75 heavy (non-hydrogen) atoms. The summed E-state index contributed by atoms with van der Waals surface area (Å²) in [6.07, 6.45) is 0. The highest BCUT2D eigenvalue weighted by Crippen LogP contribution is 2.43. The van der Waals surface area contributed by atoms with Crippen LogP contribution in [-0.2, 0) is 56.5 Å². The number of carbonyl (C=O) groups is 3. The minimum atomic E-state index is -0.755. The van der Waals surface area contributed by atoms with Gasteiger partial charge in [0.25, 0.3) is 0 Å². The minimum Gasteiger partial charge on any atom is -0.508 e. The summed E-state index contributed by atoms with van der Waals surface area (Å²) in [6, 6.07) is 21.8. The first kappa shape index (κ1) is 67.5. The lowest BCUT2D eigenvalue weighted by Crippen LogP contribution is -2.41. The van der Waals surface area contributed by atoms with Crippen molar-refractivity contribution in [2.45, 2.75) is 158 Å². The number of hydrogen-bond acceptors (Lipinski definition) is 16. The average molecular weight is 1180 g/mol. The van der Waals surface area contributed by atoms with Crippen LogP contribution in [0.5, 0.6) is 17.2 Å². The Hall–Kier alpha value is -3.66. The van der Waals surface area contributed by atoms with Crippen molar-refractivity contribution in [3.8, 4) is 17.2 Å². The van der Waals surface area contributed by atoms with Crippen molar-refractivity contribution in [2.24, 2.45) is 16.2 Å². The first-order chi connectivity index (χ1) is 34.1. The van der Waals surface area contributed by atoms with Crippen LogP contribution in [0.2, 0.25) is 0 Å². The molecule has 0 unspecified atom stereocenters. The van der Waals surface area contributed by atoms with E-state index < -0.39 is 37.4 Å². The van der Waals surface area contributed by atoms with Gasteiger partial charge in [0.15, 0.2) is 0 Å². The number of aliphatic hydroxyl groups is 1. The van der Waals surface area contributed by atoms with Crippen molar-refractivity contribution in [3.63, 3.8) is 0 Å². The largest absolute Gasteiger partial charge is 0.508 e. The Labute approximate surface area is 464 Å². The Morgan fingerprint density at radius 3 is 1.00 bits per heavy atom. The average Bonchev–Trinajstić information content (AvgIpc) is 3.80. The second-order valence-corrected chi connectivity index (χ2v) is 25.0. The third-order valence-corrected chi connectivity index (χ3v) is 14.7. The Morgan fingerprint density at radius 2 is 0.733 bits per heavy atom. The molecule has 3 aliphatic heterocycles. The Kier molecular flexibility index (Phi) is 24.1. The molecule has 3 aromatic carbocycles. The number of aliphatic hydroxyl groups excluding tert-OH is 1. The summed E-state index contributed by atoms with van der Waals surface area (Å²) in [5, 5.41) is 17.3. The molecule has 0 atom stereocenters. The number of benzene rings is 3.